The van der Waals surface area contributed by atoms with Gasteiger partial charge < -0.3 is 16.0 Å². The number of hydrogen-bond acceptors (Lipinski definition) is 4. The van der Waals surface area contributed by atoms with Crippen molar-refractivity contribution in [3.05, 3.63) is 24.0 Å². The molecule has 18 heavy (non-hydrogen) atoms. The lowest BCUT2D eigenvalue weighted by atomic mass is 10.1. The Morgan fingerprint density at radius 3 is 3.06 bits per heavy atom. The van der Waals surface area contributed by atoms with Gasteiger partial charge in [-0.2, -0.15) is 0 Å². The zero-order valence-corrected chi connectivity index (χ0v) is 10.2. The highest BCUT2D eigenvalue weighted by molar-refractivity contribution is 5.92. The molecule has 2 amide bonds. The quantitative estimate of drug-likeness (QED) is 0.710. The van der Waals surface area contributed by atoms with Crippen LogP contribution in [0, 0.1) is 0 Å². The van der Waals surface area contributed by atoms with Crippen LogP contribution in [0.25, 0.3) is 0 Å². The summed E-state index contributed by atoms with van der Waals surface area (Å²) in [5, 5.41) is 8.62. The maximum atomic E-state index is 11.4. The monoisotopic (exact) mass is 248 g/mol. The van der Waals surface area contributed by atoms with Crippen LogP contribution in [0.1, 0.15) is 23.3 Å². The molecule has 1 fully saturated rings. The Bertz CT molecular complexity index is 451. The lowest BCUT2D eigenvalue weighted by Crippen LogP contribution is -2.41. The summed E-state index contributed by atoms with van der Waals surface area (Å²) in [6, 6.07) is 3.71. The zero-order chi connectivity index (χ0) is 13.0. The average Bonchev–Trinajstić information content (AvgIpc) is 2.41. The van der Waals surface area contributed by atoms with Gasteiger partial charge in [0.25, 0.3) is 5.91 Å². The normalized spacial score (nSPS) is 18.9. The third-order valence-electron chi connectivity index (χ3n) is 2.86. The van der Waals surface area contributed by atoms with Gasteiger partial charge in [-0.05, 0) is 18.6 Å². The topological polar surface area (TPSA) is 83.1 Å². The van der Waals surface area contributed by atoms with E-state index in [1.165, 1.54) is 0 Å². The first kappa shape index (κ1) is 12.3. The van der Waals surface area contributed by atoms with Crippen molar-refractivity contribution in [2.75, 3.05) is 18.9 Å². The molecule has 0 spiro atoms. The van der Waals surface area contributed by atoms with Gasteiger partial charge in [-0.1, -0.05) is 0 Å². The van der Waals surface area contributed by atoms with Crippen LogP contribution in [0.15, 0.2) is 18.3 Å². The minimum absolute atomic E-state index is 0.0915. The van der Waals surface area contributed by atoms with Gasteiger partial charge in [0.1, 0.15) is 5.69 Å². The minimum atomic E-state index is -0.212. The molecule has 1 aliphatic heterocycles. The van der Waals surface area contributed by atoms with Gasteiger partial charge in [-0.15, -0.1) is 0 Å². The third kappa shape index (κ3) is 2.97. The smallest absolute Gasteiger partial charge is 0.269 e. The molecule has 3 N–H and O–H groups in total. The molecule has 0 bridgehead atoms. The van der Waals surface area contributed by atoms with Gasteiger partial charge >= 0.3 is 0 Å². The fourth-order valence-corrected chi connectivity index (χ4v) is 1.86. The first-order valence-corrected chi connectivity index (χ1v) is 5.90. The molecule has 2 rings (SSSR count). The Hall–Kier alpha value is -2.11. The Kier molecular flexibility index (Phi) is 3.76. The second-order valence-electron chi connectivity index (χ2n) is 4.19. The van der Waals surface area contributed by atoms with Crippen LogP contribution in [0.4, 0.5) is 5.69 Å². The average molecular weight is 248 g/mol. The molecule has 1 aromatic rings. The van der Waals surface area contributed by atoms with Crippen LogP contribution >= 0.6 is 0 Å². The summed E-state index contributed by atoms with van der Waals surface area (Å²) in [7, 11) is 1.57. The molecule has 1 saturated heterocycles. The Morgan fingerprint density at radius 2 is 2.39 bits per heavy atom. The predicted octanol–water partition coefficient (Wildman–Crippen LogP) is 0.132. The van der Waals surface area contributed by atoms with E-state index in [9.17, 15) is 9.59 Å². The standard InChI is InChI=1S/C12H16N4O2/c1-13-12(18)10-6-8(4-5-14-10)16-9-2-3-11(17)15-7-9/h4-6,9H,2-3,7H2,1H3,(H,13,18)(H,14,16)(H,15,17). The summed E-state index contributed by atoms with van der Waals surface area (Å²) in [4.78, 5) is 26.5. The third-order valence-corrected chi connectivity index (χ3v) is 2.86. The van der Waals surface area contributed by atoms with Gasteiger partial charge in [-0.3, -0.25) is 14.6 Å². The number of nitrogens with zero attached hydrogens (tertiary/aromatic N) is 1. The highest BCUT2D eigenvalue weighted by atomic mass is 16.2. The number of pyridine rings is 1. The molecule has 1 aromatic heterocycles. The summed E-state index contributed by atoms with van der Waals surface area (Å²) in [6.07, 6.45) is 2.92. The Labute approximate surface area is 105 Å². The minimum Gasteiger partial charge on any atom is -0.380 e. The number of nitrogens with one attached hydrogen (secondary N) is 3. The van der Waals surface area contributed by atoms with E-state index in [1.54, 1.807) is 19.3 Å². The molecule has 96 valence electrons. The number of carbonyl (C=O) groups excluding carboxylic acids is 2. The van der Waals surface area contributed by atoms with Crippen LogP contribution in [-0.2, 0) is 4.79 Å². The highest BCUT2D eigenvalue weighted by Gasteiger charge is 2.17. The first-order valence-electron chi connectivity index (χ1n) is 5.90. The second-order valence-corrected chi connectivity index (χ2v) is 4.19. The van der Waals surface area contributed by atoms with Gasteiger partial charge in [-0.25, -0.2) is 0 Å². The number of amides is 2. The molecule has 0 aliphatic carbocycles. The van der Waals surface area contributed by atoms with Crippen molar-refractivity contribution in [2.45, 2.75) is 18.9 Å². The maximum Gasteiger partial charge on any atom is 0.269 e. The molecule has 1 aliphatic rings. The molecule has 6 heteroatoms. The molecule has 0 radical (unpaired) electrons. The molecule has 0 aromatic carbocycles. The summed E-state index contributed by atoms with van der Waals surface area (Å²) in [5.74, 6) is -0.121. The van der Waals surface area contributed by atoms with E-state index in [1.807, 2.05) is 6.07 Å². The van der Waals surface area contributed by atoms with E-state index in [2.05, 4.69) is 20.9 Å². The summed E-state index contributed by atoms with van der Waals surface area (Å²) in [5.41, 5.74) is 1.21. The molecule has 6 nitrogen and oxygen atoms in total. The van der Waals surface area contributed by atoms with Gasteiger partial charge in [0.15, 0.2) is 0 Å². The van der Waals surface area contributed by atoms with Crippen molar-refractivity contribution in [1.29, 1.82) is 0 Å². The van der Waals surface area contributed by atoms with Crippen molar-refractivity contribution in [3.63, 3.8) is 0 Å². The number of piperidine rings is 1. The summed E-state index contributed by atoms with van der Waals surface area (Å²) >= 11 is 0. The summed E-state index contributed by atoms with van der Waals surface area (Å²) in [6.45, 7) is 0.608. The van der Waals surface area contributed by atoms with Gasteiger partial charge in [0.2, 0.25) is 5.91 Å². The van der Waals surface area contributed by atoms with Gasteiger partial charge in [0, 0.05) is 37.9 Å². The largest absolute Gasteiger partial charge is 0.380 e. The van der Waals surface area contributed by atoms with E-state index in [0.717, 1.165) is 12.1 Å². The van der Waals surface area contributed by atoms with Crippen LogP contribution in [0.5, 0.6) is 0 Å². The Balaban J connectivity index is 2.01. The van der Waals surface area contributed by atoms with E-state index in [0.29, 0.717) is 18.7 Å². The lowest BCUT2D eigenvalue weighted by Gasteiger charge is -2.24. The fraction of sp³-hybridized carbons (Fsp3) is 0.417. The van der Waals surface area contributed by atoms with Gasteiger partial charge in [0.05, 0.1) is 0 Å². The molecular formula is C12H16N4O2. The molecule has 1 atom stereocenters. The van der Waals surface area contributed by atoms with E-state index in [-0.39, 0.29) is 17.9 Å². The molecule has 0 saturated carbocycles. The number of aromatic nitrogens is 1. The second kappa shape index (κ2) is 5.48. The van der Waals surface area contributed by atoms with Crippen molar-refractivity contribution in [3.8, 4) is 0 Å². The number of rotatable bonds is 3. The van der Waals surface area contributed by atoms with Crippen molar-refractivity contribution in [1.82, 2.24) is 15.6 Å². The van der Waals surface area contributed by atoms with Crippen LogP contribution < -0.4 is 16.0 Å². The Morgan fingerprint density at radius 1 is 1.56 bits per heavy atom. The van der Waals surface area contributed by atoms with E-state index >= 15 is 0 Å². The fourth-order valence-electron chi connectivity index (χ4n) is 1.86. The SMILES string of the molecule is CNC(=O)c1cc(NC2CCC(=O)NC2)ccn1. The summed E-state index contributed by atoms with van der Waals surface area (Å²) < 4.78 is 0. The first-order chi connectivity index (χ1) is 8.69. The predicted molar refractivity (Wildman–Crippen MR) is 67.3 cm³/mol. The van der Waals surface area contributed by atoms with E-state index in [4.69, 9.17) is 0 Å². The maximum absolute atomic E-state index is 11.4. The van der Waals surface area contributed by atoms with Crippen molar-refractivity contribution in [2.24, 2.45) is 0 Å². The van der Waals surface area contributed by atoms with Crippen LogP contribution in [0.2, 0.25) is 0 Å². The number of anilines is 1. The zero-order valence-electron chi connectivity index (χ0n) is 10.2. The molecular weight excluding hydrogens is 232 g/mol. The van der Waals surface area contributed by atoms with Crippen LogP contribution in [0.3, 0.4) is 0 Å². The highest BCUT2D eigenvalue weighted by Crippen LogP contribution is 2.13. The number of carbonyl (C=O) groups is 2. The van der Waals surface area contributed by atoms with Crippen LogP contribution in [-0.4, -0.2) is 36.4 Å². The number of hydrogen-bond donors (Lipinski definition) is 3. The molecule has 1 unspecified atom stereocenters. The molecule has 2 heterocycles. The lowest BCUT2D eigenvalue weighted by molar-refractivity contribution is -0.122. The van der Waals surface area contributed by atoms with E-state index < -0.39 is 0 Å². The van der Waals surface area contributed by atoms with Crippen molar-refractivity contribution < 1.29 is 9.59 Å². The van der Waals surface area contributed by atoms with Crippen molar-refractivity contribution >= 4 is 17.5 Å².